The quantitative estimate of drug-likeness (QED) is 0.787. The molecule has 0 saturated heterocycles. The molecule has 0 saturated carbocycles. The van der Waals surface area contributed by atoms with Gasteiger partial charge in [0.2, 0.25) is 11.2 Å². The summed E-state index contributed by atoms with van der Waals surface area (Å²) < 4.78 is 22.1. The fraction of sp³-hybridized carbons (Fsp3) is 0.143. The third kappa shape index (κ3) is 3.01. The number of rotatable bonds is 4. The minimum atomic E-state index is -0.862. The van der Waals surface area contributed by atoms with Crippen LogP contribution >= 0.6 is 0 Å². The molecule has 2 rings (SSSR count). The van der Waals surface area contributed by atoms with Gasteiger partial charge < -0.3 is 13.9 Å². The summed E-state index contributed by atoms with van der Waals surface area (Å²) in [4.78, 5) is 23.3. The molecule has 0 atom stereocenters. The molecule has 1 aromatic heterocycles. The lowest BCUT2D eigenvalue weighted by Crippen LogP contribution is -2.13. The maximum atomic E-state index is 11.8. The van der Waals surface area contributed by atoms with Crippen LogP contribution in [0.1, 0.15) is 17.5 Å². The van der Waals surface area contributed by atoms with Crippen LogP contribution in [0.4, 0.5) is 0 Å². The molecule has 0 amide bonds. The molecule has 5 nitrogen and oxygen atoms in total. The minimum absolute atomic E-state index is 0.104. The Bertz CT molecular complexity index is 663. The van der Waals surface area contributed by atoms with Crippen molar-refractivity contribution in [3.8, 4) is 5.75 Å². The molecule has 0 aliphatic heterocycles. The molecule has 1 heterocycles. The Morgan fingerprint density at radius 2 is 2.05 bits per heavy atom. The Labute approximate surface area is 110 Å². The van der Waals surface area contributed by atoms with Crippen molar-refractivity contribution in [1.29, 1.82) is 0 Å². The zero-order valence-corrected chi connectivity index (χ0v) is 10.2. The number of carbonyl (C=O) groups is 1. The van der Waals surface area contributed by atoms with Gasteiger partial charge in [-0.05, 0) is 5.56 Å². The van der Waals surface area contributed by atoms with E-state index in [1.807, 2.05) is 30.3 Å². The fourth-order valence-electron chi connectivity index (χ4n) is 1.46. The van der Waals surface area contributed by atoms with Crippen molar-refractivity contribution in [3.63, 3.8) is 0 Å². The highest BCUT2D eigenvalue weighted by molar-refractivity contribution is 5.88. The summed E-state index contributed by atoms with van der Waals surface area (Å²) in [6.07, 6.45) is -0.428. The van der Waals surface area contributed by atoms with Gasteiger partial charge in [-0.3, -0.25) is 4.79 Å². The van der Waals surface area contributed by atoms with Gasteiger partial charge in [0.1, 0.15) is 7.98 Å². The first-order valence-corrected chi connectivity index (χ1v) is 5.51. The number of hydrogen-bond donors (Lipinski definition) is 0. The van der Waals surface area contributed by atoms with Gasteiger partial charge in [-0.25, -0.2) is 4.79 Å². The van der Waals surface area contributed by atoms with E-state index in [2.05, 4.69) is 4.74 Å². The molecule has 0 radical (unpaired) electrons. The molecule has 5 heteroatoms. The highest BCUT2D eigenvalue weighted by Crippen LogP contribution is 2.15. The largest absolute Gasteiger partial charge is 0.481 e. The van der Waals surface area contributed by atoms with E-state index in [4.69, 9.17) is 10.5 Å². The normalized spacial score (nSPS) is 10.7. The van der Waals surface area contributed by atoms with E-state index in [1.165, 1.54) is 0 Å². The van der Waals surface area contributed by atoms with Crippen LogP contribution in [-0.4, -0.2) is 13.1 Å². The van der Waals surface area contributed by atoms with E-state index in [1.54, 1.807) is 0 Å². The van der Waals surface area contributed by atoms with Crippen LogP contribution in [0, 0.1) is 0 Å². The van der Waals surface area contributed by atoms with Crippen LogP contribution in [0.2, 0.25) is 0 Å². The molecular weight excluding hydrogens is 248 g/mol. The molecule has 0 fully saturated rings. The number of methoxy groups -OCH3 is 1. The van der Waals surface area contributed by atoms with Crippen molar-refractivity contribution in [2.24, 2.45) is 0 Å². The molecule has 2 aromatic rings. The van der Waals surface area contributed by atoms with Gasteiger partial charge in [-0.15, -0.1) is 0 Å². The van der Waals surface area contributed by atoms with Gasteiger partial charge >= 0.3 is 5.97 Å². The van der Waals surface area contributed by atoms with Gasteiger partial charge in [-0.1, -0.05) is 30.3 Å². The number of carbonyl (C=O) groups excluding carboxylic acids is 1. The molecule has 0 spiro atoms. The molecule has 1 aromatic carbocycles. The molecule has 0 bridgehead atoms. The van der Waals surface area contributed by atoms with Gasteiger partial charge in [0, 0.05) is 6.07 Å². The Morgan fingerprint density at radius 3 is 2.74 bits per heavy atom. The van der Waals surface area contributed by atoms with Gasteiger partial charge in [-0.2, -0.15) is 0 Å². The fourth-order valence-corrected chi connectivity index (χ4v) is 1.46. The van der Waals surface area contributed by atoms with Crippen LogP contribution in [0.3, 0.4) is 0 Å². The summed E-state index contributed by atoms with van der Waals surface area (Å²) in [5.41, 5.74) is 0.232. The zero-order valence-electron chi connectivity index (χ0n) is 11.2. The van der Waals surface area contributed by atoms with Crippen molar-refractivity contribution in [2.45, 2.75) is 6.61 Å². The third-order valence-electron chi connectivity index (χ3n) is 2.38. The maximum absolute atomic E-state index is 11.8. The molecule has 98 valence electrons. The number of hydrogen-bond acceptors (Lipinski definition) is 5. The van der Waals surface area contributed by atoms with Crippen molar-refractivity contribution in [3.05, 3.63) is 64.2 Å². The summed E-state index contributed by atoms with van der Waals surface area (Å²) >= 11 is 0. The van der Waals surface area contributed by atoms with Crippen LogP contribution in [0.25, 0.3) is 0 Å². The SMILES string of the molecule is [2H]c1cc(=O)c(OCc2ccccc2)c(C(=O)OC)o1. The van der Waals surface area contributed by atoms with Crippen LogP contribution in [0.5, 0.6) is 5.75 Å². The minimum Gasteiger partial charge on any atom is -0.481 e. The lowest BCUT2D eigenvalue weighted by molar-refractivity contribution is 0.0553. The topological polar surface area (TPSA) is 65.7 Å². The van der Waals surface area contributed by atoms with Crippen LogP contribution in [-0.2, 0) is 11.3 Å². The second kappa shape index (κ2) is 5.86. The predicted octanol–water partition coefficient (Wildman–Crippen LogP) is 2.01. The molecule has 0 N–H and O–H groups in total. The van der Waals surface area contributed by atoms with Crippen molar-refractivity contribution >= 4 is 5.97 Å². The van der Waals surface area contributed by atoms with Gasteiger partial charge in [0.05, 0.1) is 13.3 Å². The van der Waals surface area contributed by atoms with Gasteiger partial charge in [0.25, 0.3) is 5.76 Å². The third-order valence-corrected chi connectivity index (χ3v) is 2.38. The van der Waals surface area contributed by atoms with E-state index in [0.29, 0.717) is 0 Å². The van der Waals surface area contributed by atoms with Crippen molar-refractivity contribution < 1.29 is 20.1 Å². The van der Waals surface area contributed by atoms with E-state index >= 15 is 0 Å². The van der Waals surface area contributed by atoms with E-state index < -0.39 is 23.4 Å². The first kappa shape index (κ1) is 11.5. The number of benzene rings is 1. The highest BCUT2D eigenvalue weighted by Gasteiger charge is 2.19. The second-order valence-electron chi connectivity index (χ2n) is 3.65. The highest BCUT2D eigenvalue weighted by atomic mass is 16.5. The summed E-state index contributed by atoms with van der Waals surface area (Å²) in [5.74, 6) is -1.52. The van der Waals surface area contributed by atoms with E-state index in [0.717, 1.165) is 18.7 Å². The smallest absolute Gasteiger partial charge is 0.378 e. The summed E-state index contributed by atoms with van der Waals surface area (Å²) in [5, 5.41) is 0. The first-order valence-electron chi connectivity index (χ1n) is 6.01. The lowest BCUT2D eigenvalue weighted by Gasteiger charge is -2.07. The van der Waals surface area contributed by atoms with Crippen LogP contribution in [0.15, 0.2) is 51.8 Å². The zero-order chi connectivity index (χ0) is 14.5. The van der Waals surface area contributed by atoms with Gasteiger partial charge in [0.15, 0.2) is 0 Å². The molecule has 19 heavy (non-hydrogen) atoms. The Balaban J connectivity index is 2.31. The number of esters is 1. The second-order valence-corrected chi connectivity index (χ2v) is 3.65. The van der Waals surface area contributed by atoms with Crippen LogP contribution < -0.4 is 10.2 Å². The summed E-state index contributed by atoms with van der Waals surface area (Å²) in [6.45, 7) is 0.104. The van der Waals surface area contributed by atoms with E-state index in [-0.39, 0.29) is 12.4 Å². The summed E-state index contributed by atoms with van der Waals surface area (Å²) in [7, 11) is 1.15. The first-order chi connectivity index (χ1) is 9.61. The van der Waals surface area contributed by atoms with E-state index in [9.17, 15) is 9.59 Å². The molecular formula is C14H12O5. The van der Waals surface area contributed by atoms with Crippen molar-refractivity contribution in [1.82, 2.24) is 0 Å². The molecule has 0 unspecified atom stereocenters. The predicted molar refractivity (Wildman–Crippen MR) is 67.1 cm³/mol. The molecule has 0 aliphatic rings. The maximum Gasteiger partial charge on any atom is 0.378 e. The summed E-state index contributed by atoms with van der Waals surface area (Å²) in [6, 6.07) is 10.1. The standard InChI is InChI=1S/C14H12O5/c1-17-14(16)13-12(11(15)7-8-18-13)19-9-10-5-3-2-4-6-10/h2-8H,9H2,1H3/i8D. The average Bonchev–Trinajstić information content (AvgIpc) is 2.46. The number of ether oxygens (including phenoxy) is 2. The van der Waals surface area contributed by atoms with Crippen molar-refractivity contribution in [2.75, 3.05) is 7.11 Å². The monoisotopic (exact) mass is 261 g/mol. The Kier molecular flexibility index (Phi) is 3.55. The molecule has 0 aliphatic carbocycles. The Hall–Kier alpha value is -2.56. The average molecular weight is 261 g/mol. The Morgan fingerprint density at radius 1 is 1.32 bits per heavy atom. The lowest BCUT2D eigenvalue weighted by atomic mass is 10.2.